The van der Waals surface area contributed by atoms with E-state index in [0.717, 1.165) is 34.6 Å². The third-order valence-corrected chi connectivity index (χ3v) is 12.4. The molecule has 2 aliphatic heterocycles. The number of hydrogen-bond acceptors (Lipinski definition) is 8. The molecular formula is C40H44ClF3N9O5S+. The molecule has 0 bridgehead atoms. The summed E-state index contributed by atoms with van der Waals surface area (Å²) in [6.45, 7) is 6.34. The van der Waals surface area contributed by atoms with Crippen molar-refractivity contribution in [3.05, 3.63) is 83.0 Å². The maximum absolute atomic E-state index is 14.3. The smallest absolute Gasteiger partial charge is 0.435 e. The SMILES string of the molecule is CCC(CC[NH+](CC(=O)O)CC1CNC1)C(=O)N1CCN(C(=O)c2ccc(NC(=O)c3ncc(-c4cn(-c5cc6ccccc6s5)nc4C(F)(F)F)n3C)cc2Cl)CC1. The van der Waals surface area contributed by atoms with Gasteiger partial charge in [0, 0.05) is 81.2 Å². The van der Waals surface area contributed by atoms with Crippen LogP contribution < -0.4 is 15.5 Å². The lowest BCUT2D eigenvalue weighted by atomic mass is 9.98. The van der Waals surface area contributed by atoms with E-state index in [1.165, 1.54) is 58.2 Å². The maximum Gasteiger partial charge on any atom is 0.435 e. The van der Waals surface area contributed by atoms with Gasteiger partial charge in [0.05, 0.1) is 41.1 Å². The summed E-state index contributed by atoms with van der Waals surface area (Å²) >= 11 is 7.86. The Labute approximate surface area is 346 Å². The second kappa shape index (κ2) is 17.5. The number of hydrogen-bond donors (Lipinski definition) is 4. The van der Waals surface area contributed by atoms with Gasteiger partial charge >= 0.3 is 12.1 Å². The summed E-state index contributed by atoms with van der Waals surface area (Å²) in [6.07, 6.45) is -1.12. The molecule has 312 valence electrons. The standard InChI is InChI=1S/C40H43ClF3N9O5S/c1-3-25(10-11-50(23-34(54)55)21-24-18-45-19-24)38(57)51-12-14-52(15-13-51)39(58)28-9-8-27(17-30(28)41)47-37(56)36-46-20-31(49(36)2)29-22-53(48-35(29)40(42,43)44)33-16-26-6-4-5-7-32(26)59-33/h4-9,16-17,20,22,24-25,45H,3,10-15,18-19,21,23H2,1-2H3,(H,47,56)(H,54,55)/p+1. The Kier molecular flexibility index (Phi) is 12.4. The molecule has 0 radical (unpaired) electrons. The summed E-state index contributed by atoms with van der Waals surface area (Å²) in [7, 11) is 1.44. The van der Waals surface area contributed by atoms with E-state index in [1.54, 1.807) is 15.9 Å². The number of piperazine rings is 1. The highest BCUT2D eigenvalue weighted by Crippen LogP contribution is 2.38. The van der Waals surface area contributed by atoms with Gasteiger partial charge in [-0.2, -0.15) is 18.3 Å². The average Bonchev–Trinajstić information content (AvgIpc) is 3.92. The summed E-state index contributed by atoms with van der Waals surface area (Å²) < 4.78 is 46.1. The van der Waals surface area contributed by atoms with E-state index in [9.17, 15) is 37.5 Å². The number of imidazole rings is 1. The van der Waals surface area contributed by atoms with Gasteiger partial charge in [0.2, 0.25) is 5.91 Å². The zero-order valence-corrected chi connectivity index (χ0v) is 34.0. The molecule has 5 aromatic rings. The molecule has 2 aliphatic rings. The van der Waals surface area contributed by atoms with E-state index >= 15 is 0 Å². The van der Waals surface area contributed by atoms with Crippen molar-refractivity contribution < 1.29 is 42.4 Å². The van der Waals surface area contributed by atoms with Crippen molar-refractivity contribution in [3.63, 3.8) is 0 Å². The molecule has 2 atom stereocenters. The fourth-order valence-electron chi connectivity index (χ4n) is 7.61. The largest absolute Gasteiger partial charge is 0.477 e. The number of amides is 3. The Morgan fingerprint density at radius 1 is 1.07 bits per heavy atom. The molecule has 3 amide bonds. The average molecular weight is 855 g/mol. The van der Waals surface area contributed by atoms with Crippen LogP contribution in [-0.4, -0.2) is 117 Å². The molecule has 0 aliphatic carbocycles. The highest BCUT2D eigenvalue weighted by atomic mass is 35.5. The highest BCUT2D eigenvalue weighted by molar-refractivity contribution is 7.21. The fourth-order valence-corrected chi connectivity index (χ4v) is 8.86. The van der Waals surface area contributed by atoms with Crippen LogP contribution in [0.15, 0.2) is 60.9 Å². The van der Waals surface area contributed by atoms with E-state index in [0.29, 0.717) is 56.5 Å². The number of carbonyl (C=O) groups excluding carboxylic acids is 3. The maximum atomic E-state index is 14.3. The monoisotopic (exact) mass is 854 g/mol. The number of nitrogens with one attached hydrogen (secondary N) is 3. The van der Waals surface area contributed by atoms with Gasteiger partial charge in [0.25, 0.3) is 11.8 Å². The number of nitrogens with zero attached hydrogens (tertiary/aromatic N) is 6. The predicted octanol–water partition coefficient (Wildman–Crippen LogP) is 4.30. The van der Waals surface area contributed by atoms with Crippen molar-refractivity contribution in [2.24, 2.45) is 18.9 Å². The molecule has 5 heterocycles. The number of benzene rings is 2. The normalized spacial score (nSPS) is 15.9. The minimum absolute atomic E-state index is 0.000528. The lowest BCUT2D eigenvalue weighted by molar-refractivity contribution is -0.897. The Bertz CT molecular complexity index is 2330. The lowest BCUT2D eigenvalue weighted by Crippen LogP contribution is -3.14. The third-order valence-electron chi connectivity index (χ3n) is 11.0. The zero-order chi connectivity index (χ0) is 42.0. The molecule has 2 saturated heterocycles. The van der Waals surface area contributed by atoms with Crippen LogP contribution in [0.3, 0.4) is 0 Å². The molecule has 19 heteroatoms. The fraction of sp³-hybridized carbons (Fsp3) is 0.400. The molecule has 2 fully saturated rings. The van der Waals surface area contributed by atoms with Crippen LogP contribution in [0, 0.1) is 11.8 Å². The Morgan fingerprint density at radius 3 is 2.44 bits per heavy atom. The van der Waals surface area contributed by atoms with E-state index in [2.05, 4.69) is 20.7 Å². The number of halogens is 4. The van der Waals surface area contributed by atoms with Crippen LogP contribution in [0.2, 0.25) is 5.02 Å². The summed E-state index contributed by atoms with van der Waals surface area (Å²) in [5, 5.41) is 20.6. The van der Waals surface area contributed by atoms with E-state index in [-0.39, 0.29) is 57.6 Å². The van der Waals surface area contributed by atoms with Crippen LogP contribution in [0.5, 0.6) is 0 Å². The molecular weight excluding hydrogens is 811 g/mol. The van der Waals surface area contributed by atoms with Crippen LogP contribution >= 0.6 is 22.9 Å². The molecule has 59 heavy (non-hydrogen) atoms. The number of rotatable bonds is 14. The van der Waals surface area contributed by atoms with E-state index in [1.807, 2.05) is 31.2 Å². The van der Waals surface area contributed by atoms with Crippen molar-refractivity contribution >= 4 is 62.4 Å². The van der Waals surface area contributed by atoms with Gasteiger partial charge in [-0.05, 0) is 42.1 Å². The molecule has 4 N–H and O–H groups in total. The lowest BCUT2D eigenvalue weighted by Gasteiger charge is -2.37. The Hall–Kier alpha value is -5.30. The zero-order valence-electron chi connectivity index (χ0n) is 32.4. The summed E-state index contributed by atoms with van der Waals surface area (Å²) in [5.74, 6) is -1.87. The van der Waals surface area contributed by atoms with Crippen molar-refractivity contribution in [1.82, 2.24) is 34.4 Å². The van der Waals surface area contributed by atoms with Crippen molar-refractivity contribution in [1.29, 1.82) is 0 Å². The van der Waals surface area contributed by atoms with Gasteiger partial charge in [-0.25, -0.2) is 14.5 Å². The second-order valence-electron chi connectivity index (χ2n) is 14.9. The van der Waals surface area contributed by atoms with Crippen molar-refractivity contribution in [2.75, 3.05) is 64.2 Å². The Balaban J connectivity index is 0.964. The minimum Gasteiger partial charge on any atom is -0.477 e. The molecule has 7 rings (SSSR count). The van der Waals surface area contributed by atoms with E-state index < -0.39 is 23.7 Å². The van der Waals surface area contributed by atoms with Crippen molar-refractivity contribution in [3.8, 4) is 16.3 Å². The molecule has 14 nitrogen and oxygen atoms in total. The number of aromatic nitrogens is 4. The number of fused-ring (bicyclic) bond motifs is 1. The number of carbonyl (C=O) groups is 4. The van der Waals surface area contributed by atoms with Crippen LogP contribution in [0.1, 0.15) is 46.4 Å². The number of carboxylic acids is 1. The molecule has 2 unspecified atom stereocenters. The number of anilines is 1. The number of aliphatic carboxylic acids is 1. The molecule has 2 aromatic carbocycles. The van der Waals surface area contributed by atoms with Gasteiger partial charge in [0.1, 0.15) is 5.00 Å². The van der Waals surface area contributed by atoms with Gasteiger partial charge < -0.3 is 35.0 Å². The first-order chi connectivity index (χ1) is 28.2. The number of alkyl halides is 3. The molecule has 0 spiro atoms. The summed E-state index contributed by atoms with van der Waals surface area (Å²) in [6, 6.07) is 13.6. The first-order valence-electron chi connectivity index (χ1n) is 19.3. The highest BCUT2D eigenvalue weighted by Gasteiger charge is 2.39. The topological polar surface area (TPSA) is 159 Å². The van der Waals surface area contributed by atoms with Gasteiger partial charge in [-0.1, -0.05) is 36.7 Å². The molecule has 0 saturated carbocycles. The van der Waals surface area contributed by atoms with Crippen LogP contribution in [0.4, 0.5) is 18.9 Å². The van der Waals surface area contributed by atoms with Gasteiger partial charge in [0.15, 0.2) is 18.1 Å². The second-order valence-corrected chi connectivity index (χ2v) is 16.4. The van der Waals surface area contributed by atoms with Gasteiger partial charge in [-0.15, -0.1) is 11.3 Å². The van der Waals surface area contributed by atoms with Crippen LogP contribution in [0.25, 0.3) is 26.3 Å². The van der Waals surface area contributed by atoms with E-state index in [4.69, 9.17) is 11.6 Å². The quantitative estimate of drug-likeness (QED) is 0.129. The third kappa shape index (κ3) is 9.30. The minimum atomic E-state index is -4.79. The summed E-state index contributed by atoms with van der Waals surface area (Å²) in [5.41, 5.74) is -0.896. The predicted molar refractivity (Wildman–Crippen MR) is 216 cm³/mol. The number of thiophene rings is 1. The molecule has 3 aromatic heterocycles. The Morgan fingerprint density at radius 2 is 1.80 bits per heavy atom. The first-order valence-corrected chi connectivity index (χ1v) is 20.5. The number of carboxylic acid groups (broad SMARTS) is 1. The van der Waals surface area contributed by atoms with Crippen LogP contribution in [-0.2, 0) is 22.8 Å². The number of quaternary nitrogens is 1. The first kappa shape index (κ1) is 41.8. The van der Waals surface area contributed by atoms with Gasteiger partial charge in [-0.3, -0.25) is 14.4 Å². The summed E-state index contributed by atoms with van der Waals surface area (Å²) in [4.78, 5) is 60.3. The van der Waals surface area contributed by atoms with Crippen molar-refractivity contribution in [2.45, 2.75) is 25.9 Å².